The van der Waals surface area contributed by atoms with E-state index in [1.165, 1.54) is 12.4 Å². The fourth-order valence-corrected chi connectivity index (χ4v) is 3.71. The van der Waals surface area contributed by atoms with E-state index in [0.717, 1.165) is 5.56 Å². The molecule has 0 spiro atoms. The van der Waals surface area contributed by atoms with Gasteiger partial charge in [0.25, 0.3) is 12.3 Å². The van der Waals surface area contributed by atoms with Crippen LogP contribution in [-0.4, -0.2) is 56.8 Å². The monoisotopic (exact) mass is 484 g/mol. The highest BCUT2D eigenvalue weighted by atomic mass is 19.3. The summed E-state index contributed by atoms with van der Waals surface area (Å²) in [4.78, 5) is 21.3. The molecule has 3 aromatic heterocycles. The number of amides is 1. The number of aromatic amines is 1. The highest BCUT2D eigenvalue weighted by Crippen LogP contribution is 2.31. The molecule has 4 rings (SSSR count). The van der Waals surface area contributed by atoms with Crippen LogP contribution in [0.3, 0.4) is 0 Å². The van der Waals surface area contributed by atoms with Crippen LogP contribution in [0.15, 0.2) is 43.0 Å². The van der Waals surface area contributed by atoms with Gasteiger partial charge in [-0.15, -0.1) is 0 Å². The van der Waals surface area contributed by atoms with Crippen molar-refractivity contribution in [2.24, 2.45) is 5.73 Å². The molecule has 3 heterocycles. The average Bonchev–Trinajstić information content (AvgIpc) is 3.51. The van der Waals surface area contributed by atoms with Crippen LogP contribution in [0.25, 0.3) is 16.9 Å². The van der Waals surface area contributed by atoms with Crippen LogP contribution in [-0.2, 0) is 11.2 Å². The van der Waals surface area contributed by atoms with Crippen molar-refractivity contribution in [3.8, 4) is 11.3 Å². The first-order chi connectivity index (χ1) is 17.0. The van der Waals surface area contributed by atoms with E-state index in [2.05, 4.69) is 30.8 Å². The predicted molar refractivity (Wildman–Crippen MR) is 127 cm³/mol. The summed E-state index contributed by atoms with van der Waals surface area (Å²) in [6.45, 7) is 3.63. The van der Waals surface area contributed by atoms with E-state index in [9.17, 15) is 13.6 Å². The van der Waals surface area contributed by atoms with Crippen LogP contribution >= 0.6 is 0 Å². The summed E-state index contributed by atoms with van der Waals surface area (Å²) in [6, 6.07) is 5.40. The summed E-state index contributed by atoms with van der Waals surface area (Å²) in [6.07, 6.45) is 4.00. The highest BCUT2D eigenvalue weighted by molar-refractivity contribution is 5.96. The number of nitrogens with two attached hydrogens (primary N) is 1. The number of alkyl halides is 2. The van der Waals surface area contributed by atoms with E-state index in [1.54, 1.807) is 28.9 Å². The van der Waals surface area contributed by atoms with Gasteiger partial charge in [-0.3, -0.25) is 14.3 Å². The molecule has 12 heteroatoms. The average molecular weight is 485 g/mol. The third-order valence-corrected chi connectivity index (χ3v) is 5.38. The number of ether oxygens (including phenoxy) is 1. The Morgan fingerprint density at radius 2 is 2.11 bits per heavy atom. The lowest BCUT2D eigenvalue weighted by molar-refractivity contribution is 0.0919. The predicted octanol–water partition coefficient (Wildman–Crippen LogP) is 3.07. The maximum Gasteiger partial charge on any atom is 0.280 e. The fraction of sp³-hybridized carbons (Fsp3) is 0.304. The minimum absolute atomic E-state index is 0.183. The second-order valence-electron chi connectivity index (χ2n) is 7.62. The van der Waals surface area contributed by atoms with Crippen LogP contribution < -0.4 is 16.4 Å². The first-order valence-electron chi connectivity index (χ1n) is 11.1. The molecule has 0 saturated carbocycles. The van der Waals surface area contributed by atoms with Crippen LogP contribution in [0.4, 0.5) is 20.3 Å². The number of imidazole rings is 1. The van der Waals surface area contributed by atoms with Crippen LogP contribution in [0, 0.1) is 0 Å². The molecule has 0 fully saturated rings. The molecular weight excluding hydrogens is 458 g/mol. The number of aryl methyl sites for hydroxylation is 1. The van der Waals surface area contributed by atoms with Gasteiger partial charge in [-0.05, 0) is 30.2 Å². The van der Waals surface area contributed by atoms with Gasteiger partial charge in [0.05, 0.1) is 31.3 Å². The van der Waals surface area contributed by atoms with Crippen molar-refractivity contribution in [1.82, 2.24) is 29.9 Å². The molecule has 0 aliphatic heterocycles. The van der Waals surface area contributed by atoms with E-state index in [4.69, 9.17) is 10.5 Å². The van der Waals surface area contributed by atoms with Crippen molar-refractivity contribution in [3.05, 3.63) is 59.8 Å². The molecule has 0 radical (unpaired) electrons. The lowest BCUT2D eigenvalue weighted by Gasteiger charge is -2.13. The summed E-state index contributed by atoms with van der Waals surface area (Å²) < 4.78 is 33.6. The van der Waals surface area contributed by atoms with Crippen molar-refractivity contribution in [1.29, 1.82) is 0 Å². The van der Waals surface area contributed by atoms with Crippen molar-refractivity contribution in [2.45, 2.75) is 19.8 Å². The number of aromatic nitrogens is 5. The van der Waals surface area contributed by atoms with Crippen molar-refractivity contribution < 1.29 is 18.3 Å². The van der Waals surface area contributed by atoms with E-state index in [1.807, 2.05) is 13.0 Å². The molecule has 0 atom stereocenters. The maximum absolute atomic E-state index is 13.3. The molecule has 10 nitrogen and oxygen atoms in total. The van der Waals surface area contributed by atoms with E-state index in [0.29, 0.717) is 61.1 Å². The number of fused-ring (bicyclic) bond motifs is 1. The Labute approximate surface area is 199 Å². The quantitative estimate of drug-likeness (QED) is 0.240. The minimum atomic E-state index is -2.70. The van der Waals surface area contributed by atoms with Gasteiger partial charge in [0.2, 0.25) is 0 Å². The summed E-state index contributed by atoms with van der Waals surface area (Å²) in [5.41, 5.74) is 8.44. The minimum Gasteiger partial charge on any atom is -0.378 e. The summed E-state index contributed by atoms with van der Waals surface area (Å²) in [5.74, 6) is 0.259. The molecule has 0 aliphatic carbocycles. The number of H-pyrrole nitrogens is 1. The second kappa shape index (κ2) is 11.0. The molecule has 184 valence electrons. The Morgan fingerprint density at radius 1 is 1.26 bits per heavy atom. The molecule has 4 aromatic rings. The Balaban J connectivity index is 1.55. The number of halogens is 2. The van der Waals surface area contributed by atoms with Crippen LogP contribution in [0.5, 0.6) is 0 Å². The zero-order valence-corrected chi connectivity index (χ0v) is 19.1. The topological polar surface area (TPSA) is 135 Å². The van der Waals surface area contributed by atoms with Gasteiger partial charge in [0, 0.05) is 42.3 Å². The number of nitrogens with one attached hydrogen (secondary N) is 3. The lowest BCUT2D eigenvalue weighted by Crippen LogP contribution is -2.28. The molecule has 0 aliphatic rings. The Morgan fingerprint density at radius 3 is 2.89 bits per heavy atom. The van der Waals surface area contributed by atoms with Crippen molar-refractivity contribution in [2.75, 3.05) is 31.6 Å². The first-order valence-corrected chi connectivity index (χ1v) is 11.1. The molecule has 0 unspecified atom stereocenters. The molecule has 0 saturated heterocycles. The number of benzene rings is 1. The number of nitrogens with zero attached hydrogens (tertiary/aromatic N) is 4. The van der Waals surface area contributed by atoms with Gasteiger partial charge >= 0.3 is 0 Å². The largest absolute Gasteiger partial charge is 0.378 e. The number of anilines is 2. The van der Waals surface area contributed by atoms with E-state index >= 15 is 0 Å². The molecule has 1 amide bonds. The molecule has 1 aromatic carbocycles. The Kier molecular flexibility index (Phi) is 7.63. The smallest absolute Gasteiger partial charge is 0.280 e. The van der Waals surface area contributed by atoms with Gasteiger partial charge in [0.1, 0.15) is 5.69 Å². The third kappa shape index (κ3) is 5.28. The standard InChI is InChI=1S/C23H26F2N8O2/c1-2-14-11-15(3-4-16(14)23(34)28-7-10-35-9-5-26)31-21-22-29-13-18(33(22)8-6-27-21)17-12-30-32-19(17)20(24)25/h3-4,6,8,11-13,20H,2,5,7,9-10,26H2,1H3,(H,27,31)(H,28,34)(H,30,32). The lowest BCUT2D eigenvalue weighted by atomic mass is 10.0. The SMILES string of the molecule is CCc1cc(Nc2nccn3c(-c4cn[nH]c4C(F)F)cnc23)ccc1C(=O)NCCOCCN. The molecule has 5 N–H and O–H groups in total. The second-order valence-corrected chi connectivity index (χ2v) is 7.62. The Hall–Kier alpha value is -3.90. The summed E-state index contributed by atoms with van der Waals surface area (Å²) in [5, 5.41) is 12.2. The van der Waals surface area contributed by atoms with Crippen molar-refractivity contribution in [3.63, 3.8) is 0 Å². The Bertz CT molecular complexity index is 1300. The first kappa shape index (κ1) is 24.2. The van der Waals surface area contributed by atoms with Gasteiger partial charge in [-0.25, -0.2) is 18.7 Å². The number of rotatable bonds is 11. The van der Waals surface area contributed by atoms with Gasteiger partial charge in [0.15, 0.2) is 11.5 Å². The summed E-state index contributed by atoms with van der Waals surface area (Å²) >= 11 is 0. The number of carbonyl (C=O) groups excluding carboxylic acids is 1. The normalized spacial score (nSPS) is 11.3. The molecule has 35 heavy (non-hydrogen) atoms. The maximum atomic E-state index is 13.3. The number of hydrogen-bond acceptors (Lipinski definition) is 7. The zero-order chi connectivity index (χ0) is 24.8. The van der Waals surface area contributed by atoms with Gasteiger partial charge in [-0.1, -0.05) is 6.92 Å². The van der Waals surface area contributed by atoms with Crippen LogP contribution in [0.2, 0.25) is 0 Å². The zero-order valence-electron chi connectivity index (χ0n) is 19.1. The molecular formula is C23H26F2N8O2. The number of hydrogen-bond donors (Lipinski definition) is 4. The van der Waals surface area contributed by atoms with Gasteiger partial charge < -0.3 is 21.1 Å². The van der Waals surface area contributed by atoms with E-state index in [-0.39, 0.29) is 17.2 Å². The third-order valence-electron chi connectivity index (χ3n) is 5.38. The highest BCUT2D eigenvalue weighted by Gasteiger charge is 2.20. The number of carbonyl (C=O) groups is 1. The van der Waals surface area contributed by atoms with Crippen molar-refractivity contribution >= 4 is 23.1 Å². The van der Waals surface area contributed by atoms with Gasteiger partial charge in [-0.2, -0.15) is 5.10 Å². The summed E-state index contributed by atoms with van der Waals surface area (Å²) in [7, 11) is 0. The van der Waals surface area contributed by atoms with E-state index < -0.39 is 6.43 Å². The molecule has 0 bridgehead atoms. The van der Waals surface area contributed by atoms with Crippen LogP contribution in [0.1, 0.15) is 35.0 Å². The fourth-order valence-electron chi connectivity index (χ4n) is 3.71.